The summed E-state index contributed by atoms with van der Waals surface area (Å²) in [4.78, 5) is 5.17. The molecular weight excluding hydrogens is 801 g/mol. The molecular formula is C43H31IrN2S2-. The van der Waals surface area contributed by atoms with Crippen LogP contribution in [0, 0.1) is 20.9 Å². The van der Waals surface area contributed by atoms with E-state index in [1.807, 2.05) is 57.7 Å². The van der Waals surface area contributed by atoms with E-state index in [4.69, 9.17) is 4.98 Å². The van der Waals surface area contributed by atoms with Crippen LogP contribution in [-0.2, 0) is 20.1 Å². The molecule has 0 unspecified atom stereocenters. The molecule has 48 heavy (non-hydrogen) atoms. The molecule has 4 heterocycles. The van der Waals surface area contributed by atoms with Crippen molar-refractivity contribution in [1.29, 1.82) is 0 Å². The number of rotatable bonds is 3. The molecule has 0 fully saturated rings. The van der Waals surface area contributed by atoms with Gasteiger partial charge in [-0.1, -0.05) is 97.1 Å². The normalized spacial score (nSPS) is 11.0. The Balaban J connectivity index is 0.000000193. The minimum atomic E-state index is 0. The van der Waals surface area contributed by atoms with E-state index in [0.717, 1.165) is 28.2 Å². The van der Waals surface area contributed by atoms with Crippen LogP contribution in [0.5, 0.6) is 0 Å². The largest absolute Gasteiger partial charge is 0.343 e. The summed E-state index contributed by atoms with van der Waals surface area (Å²) in [5.41, 5.74) is 8.97. The van der Waals surface area contributed by atoms with Gasteiger partial charge in [0.2, 0.25) is 0 Å². The summed E-state index contributed by atoms with van der Waals surface area (Å²) < 4.78 is 7.14. The number of aromatic nitrogens is 2. The Kier molecular flexibility index (Phi) is 8.87. The zero-order valence-corrected chi connectivity index (χ0v) is 30.3. The number of fused-ring (bicyclic) bond motifs is 6. The SMILES string of the molecule is [CH2-]c1ccccc1-c1c(C)ccc[n+]1[CH2-].[Ir].c1cc(-c2cccc3c2sc2ccccc23)nc(-c2cccc3c2sc2ccccc23)c1. The molecule has 0 aliphatic carbocycles. The molecule has 235 valence electrons. The number of thiophene rings is 2. The zero-order valence-electron chi connectivity index (χ0n) is 26.3. The average Bonchev–Trinajstić information content (AvgIpc) is 3.68. The molecule has 0 aliphatic heterocycles. The standard InChI is InChI=1S/C29H17NS2.C14H14N.Ir/c1-3-16-26-18(8-1)20-10-5-12-22(28(20)31-26)24-14-7-15-25(30-24)23-13-6-11-21-19-9-2-4-17-27(19)32-29(21)23;1-11-7-4-5-9-13(11)14-12(2)8-6-10-15(14)3;/h1-17H;4-10H,1,3H2,2H3;/q;-1;. The number of benzene rings is 5. The summed E-state index contributed by atoms with van der Waals surface area (Å²) in [6.45, 7) is 6.12. The van der Waals surface area contributed by atoms with Gasteiger partial charge in [-0.15, -0.1) is 40.4 Å². The fraction of sp³-hybridized carbons (Fsp3) is 0.0233. The molecule has 0 saturated carbocycles. The molecule has 0 atom stereocenters. The van der Waals surface area contributed by atoms with Crippen LogP contribution in [0.15, 0.2) is 146 Å². The van der Waals surface area contributed by atoms with E-state index >= 15 is 0 Å². The first kappa shape index (κ1) is 31.8. The maximum atomic E-state index is 5.17. The van der Waals surface area contributed by atoms with Crippen molar-refractivity contribution in [2.24, 2.45) is 0 Å². The molecule has 0 bridgehead atoms. The van der Waals surface area contributed by atoms with Crippen LogP contribution < -0.4 is 4.57 Å². The summed E-state index contributed by atoms with van der Waals surface area (Å²) in [5, 5.41) is 5.25. The van der Waals surface area contributed by atoms with E-state index in [9.17, 15) is 0 Å². The molecule has 4 aromatic heterocycles. The summed E-state index contributed by atoms with van der Waals surface area (Å²) in [6, 6.07) is 49.0. The first-order valence-electron chi connectivity index (χ1n) is 15.6. The Morgan fingerprint density at radius 2 is 1.00 bits per heavy atom. The fourth-order valence-electron chi connectivity index (χ4n) is 6.42. The minimum Gasteiger partial charge on any atom is -0.343 e. The third-order valence-electron chi connectivity index (χ3n) is 8.66. The second-order valence-electron chi connectivity index (χ2n) is 11.6. The van der Waals surface area contributed by atoms with Crippen LogP contribution in [0.25, 0.3) is 74.1 Å². The molecule has 0 spiro atoms. The number of pyridine rings is 2. The second kappa shape index (κ2) is 13.4. The van der Waals surface area contributed by atoms with Crippen LogP contribution in [0.3, 0.4) is 0 Å². The number of hydrogen-bond acceptors (Lipinski definition) is 3. The summed E-state index contributed by atoms with van der Waals surface area (Å²) in [5.74, 6) is 0. The molecule has 0 N–H and O–H groups in total. The third kappa shape index (κ3) is 5.70. The number of aryl methyl sites for hydroxylation is 1. The van der Waals surface area contributed by atoms with E-state index in [1.165, 1.54) is 57.0 Å². The van der Waals surface area contributed by atoms with Gasteiger partial charge < -0.3 is 4.57 Å². The molecule has 0 amide bonds. The van der Waals surface area contributed by atoms with E-state index in [1.54, 1.807) is 0 Å². The maximum Gasteiger partial charge on any atom is 0.0723 e. The summed E-state index contributed by atoms with van der Waals surface area (Å²) in [6.07, 6.45) is 1.95. The average molecular weight is 832 g/mol. The van der Waals surface area contributed by atoms with E-state index in [-0.39, 0.29) is 20.1 Å². The predicted octanol–water partition coefficient (Wildman–Crippen LogP) is 11.9. The first-order valence-corrected chi connectivity index (χ1v) is 17.2. The van der Waals surface area contributed by atoms with Gasteiger partial charge in [-0.2, -0.15) is 18.6 Å². The van der Waals surface area contributed by atoms with Gasteiger partial charge in [0.25, 0.3) is 0 Å². The van der Waals surface area contributed by atoms with Gasteiger partial charge in [0, 0.05) is 78.6 Å². The van der Waals surface area contributed by atoms with Crippen LogP contribution in [0.1, 0.15) is 11.1 Å². The van der Waals surface area contributed by atoms with Gasteiger partial charge in [-0.3, -0.25) is 0 Å². The maximum absolute atomic E-state index is 5.17. The second-order valence-corrected chi connectivity index (χ2v) is 13.7. The van der Waals surface area contributed by atoms with E-state index in [0.29, 0.717) is 0 Å². The van der Waals surface area contributed by atoms with Gasteiger partial charge in [0.15, 0.2) is 0 Å². The van der Waals surface area contributed by atoms with Crippen molar-refractivity contribution in [1.82, 2.24) is 4.98 Å². The summed E-state index contributed by atoms with van der Waals surface area (Å²) in [7, 11) is 3.99. The number of nitrogens with zero attached hydrogens (tertiary/aromatic N) is 2. The quantitative estimate of drug-likeness (QED) is 0.128. The number of hydrogen-bond donors (Lipinski definition) is 0. The van der Waals surface area contributed by atoms with Gasteiger partial charge >= 0.3 is 0 Å². The smallest absolute Gasteiger partial charge is 0.0723 e. The monoisotopic (exact) mass is 832 g/mol. The molecule has 1 radical (unpaired) electrons. The molecule has 0 aliphatic rings. The Bertz CT molecular complexity index is 2430. The van der Waals surface area contributed by atoms with Crippen LogP contribution in [0.2, 0.25) is 0 Å². The molecule has 9 rings (SSSR count). The topological polar surface area (TPSA) is 16.8 Å². The molecule has 0 saturated heterocycles. The third-order valence-corrected chi connectivity index (χ3v) is 11.1. The van der Waals surface area contributed by atoms with Crippen molar-refractivity contribution in [2.75, 3.05) is 0 Å². The van der Waals surface area contributed by atoms with Gasteiger partial charge in [0.05, 0.1) is 23.3 Å². The van der Waals surface area contributed by atoms with Crippen molar-refractivity contribution in [3.63, 3.8) is 0 Å². The Morgan fingerprint density at radius 1 is 0.521 bits per heavy atom. The predicted molar refractivity (Wildman–Crippen MR) is 203 cm³/mol. The van der Waals surface area contributed by atoms with Crippen LogP contribution in [0.4, 0.5) is 0 Å². The van der Waals surface area contributed by atoms with Crippen LogP contribution in [-0.4, -0.2) is 4.98 Å². The van der Waals surface area contributed by atoms with Crippen LogP contribution >= 0.6 is 22.7 Å². The first-order chi connectivity index (χ1) is 23.1. The fourth-order valence-corrected chi connectivity index (χ4v) is 8.87. The minimum absolute atomic E-state index is 0. The van der Waals surface area contributed by atoms with Crippen molar-refractivity contribution < 1.29 is 24.7 Å². The van der Waals surface area contributed by atoms with Crippen molar-refractivity contribution in [3.8, 4) is 33.8 Å². The van der Waals surface area contributed by atoms with Crippen molar-refractivity contribution >= 4 is 63.0 Å². The summed E-state index contributed by atoms with van der Waals surface area (Å²) >= 11 is 3.70. The van der Waals surface area contributed by atoms with Gasteiger partial charge in [-0.05, 0) is 36.8 Å². The molecule has 9 aromatic rings. The molecule has 5 aromatic carbocycles. The van der Waals surface area contributed by atoms with Gasteiger partial charge in [-0.25, -0.2) is 4.98 Å². The van der Waals surface area contributed by atoms with Crippen molar-refractivity contribution in [2.45, 2.75) is 6.92 Å². The molecule has 5 heteroatoms. The van der Waals surface area contributed by atoms with E-state index < -0.39 is 0 Å². The molecule has 2 nitrogen and oxygen atoms in total. The van der Waals surface area contributed by atoms with E-state index in [2.05, 4.69) is 136 Å². The van der Waals surface area contributed by atoms with Crippen molar-refractivity contribution in [3.05, 3.63) is 171 Å². The van der Waals surface area contributed by atoms with Gasteiger partial charge in [0.1, 0.15) is 0 Å². The Morgan fingerprint density at radius 3 is 1.56 bits per heavy atom. The Labute approximate surface area is 302 Å². The Hall–Kier alpha value is -4.77. The zero-order chi connectivity index (χ0) is 31.9.